The first-order valence-electron chi connectivity index (χ1n) is 5.73. The molecule has 1 aromatic carbocycles. The number of allylic oxidation sites excluding steroid dienone is 1. The van der Waals surface area contributed by atoms with E-state index in [0.29, 0.717) is 12.0 Å². The Morgan fingerprint density at radius 3 is 2.79 bits per heavy atom. The molecule has 0 aliphatic rings. The summed E-state index contributed by atoms with van der Waals surface area (Å²) in [5, 5.41) is 0.952. The molecule has 0 amide bonds. The molecular weight excluding hydrogens is 285 g/mol. The van der Waals surface area contributed by atoms with Gasteiger partial charge in [0.2, 0.25) is 0 Å². The number of fused-ring (bicyclic) bond motifs is 1. The summed E-state index contributed by atoms with van der Waals surface area (Å²) in [5.74, 6) is 0.750. The second-order valence-electron chi connectivity index (χ2n) is 4.17. The smallest absolute Gasteiger partial charge is 0.252 e. The number of aryl methyl sites for hydroxylation is 1. The number of rotatable bonds is 3. The minimum atomic E-state index is -0.124. The first kappa shape index (κ1) is 14.0. The number of aromatic amines is 1. The van der Waals surface area contributed by atoms with Crippen molar-refractivity contribution in [3.63, 3.8) is 0 Å². The van der Waals surface area contributed by atoms with E-state index >= 15 is 0 Å². The van der Waals surface area contributed by atoms with Crippen LogP contribution in [0, 0.1) is 6.92 Å². The van der Waals surface area contributed by atoms with Crippen molar-refractivity contribution < 1.29 is 4.74 Å². The Bertz CT molecular complexity index is 700. The summed E-state index contributed by atoms with van der Waals surface area (Å²) < 4.78 is 5.36. The monoisotopic (exact) mass is 297 g/mol. The summed E-state index contributed by atoms with van der Waals surface area (Å²) in [7, 11) is 1.61. The Hall–Kier alpha value is -1.45. The van der Waals surface area contributed by atoms with Gasteiger partial charge in [-0.05, 0) is 43.2 Å². The average molecular weight is 298 g/mol. The number of H-pyrrole nitrogens is 1. The number of hydrogen-bond acceptors (Lipinski definition) is 2. The molecule has 3 nitrogen and oxygen atoms in total. The summed E-state index contributed by atoms with van der Waals surface area (Å²) in [6.07, 6.45) is 2.00. The van der Waals surface area contributed by atoms with Crippen LogP contribution in [0.25, 0.3) is 10.9 Å². The summed E-state index contributed by atoms with van der Waals surface area (Å²) in [5.41, 5.74) is 2.22. The van der Waals surface area contributed by atoms with Crippen molar-refractivity contribution in [2.75, 3.05) is 7.11 Å². The van der Waals surface area contributed by atoms with Crippen molar-refractivity contribution in [2.24, 2.45) is 0 Å². The fourth-order valence-corrected chi connectivity index (χ4v) is 2.18. The highest BCUT2D eigenvalue weighted by molar-refractivity contribution is 6.55. The minimum Gasteiger partial charge on any atom is -0.497 e. The van der Waals surface area contributed by atoms with Crippen LogP contribution in [0.15, 0.2) is 33.6 Å². The zero-order valence-electron chi connectivity index (χ0n) is 10.6. The summed E-state index contributed by atoms with van der Waals surface area (Å²) in [6, 6.07) is 5.54. The van der Waals surface area contributed by atoms with E-state index in [1.54, 1.807) is 13.2 Å². The molecule has 0 spiro atoms. The summed E-state index contributed by atoms with van der Waals surface area (Å²) >= 11 is 11.2. The summed E-state index contributed by atoms with van der Waals surface area (Å²) in [4.78, 5) is 14.9. The number of methoxy groups -OCH3 is 1. The maximum absolute atomic E-state index is 12.0. The van der Waals surface area contributed by atoms with Gasteiger partial charge in [-0.25, -0.2) is 0 Å². The van der Waals surface area contributed by atoms with E-state index in [4.69, 9.17) is 27.9 Å². The van der Waals surface area contributed by atoms with Crippen LogP contribution < -0.4 is 10.3 Å². The lowest BCUT2D eigenvalue weighted by Gasteiger charge is -2.08. The molecule has 0 saturated carbocycles. The Kier molecular flexibility index (Phi) is 4.17. The second kappa shape index (κ2) is 5.68. The van der Waals surface area contributed by atoms with Gasteiger partial charge in [0.15, 0.2) is 0 Å². The molecule has 0 unspecified atom stereocenters. The van der Waals surface area contributed by atoms with Gasteiger partial charge in [0.25, 0.3) is 5.56 Å². The molecule has 2 rings (SSSR count). The van der Waals surface area contributed by atoms with E-state index in [0.717, 1.165) is 22.2 Å². The van der Waals surface area contributed by atoms with Crippen molar-refractivity contribution in [3.8, 4) is 5.75 Å². The predicted octanol–water partition coefficient (Wildman–Crippen LogP) is 3.71. The Morgan fingerprint density at radius 1 is 1.42 bits per heavy atom. The highest BCUT2D eigenvalue weighted by Gasteiger charge is 2.09. The first-order chi connectivity index (χ1) is 9.02. The molecule has 0 atom stereocenters. The van der Waals surface area contributed by atoms with Crippen LogP contribution in [-0.2, 0) is 6.42 Å². The molecule has 0 fully saturated rings. The third-order valence-electron chi connectivity index (χ3n) is 3.07. The predicted molar refractivity (Wildman–Crippen MR) is 79.4 cm³/mol. The van der Waals surface area contributed by atoms with Gasteiger partial charge >= 0.3 is 0 Å². The molecule has 0 aliphatic carbocycles. The fourth-order valence-electron chi connectivity index (χ4n) is 2.03. The molecule has 1 aromatic heterocycles. The number of nitrogens with one attached hydrogen (secondary N) is 1. The highest BCUT2D eigenvalue weighted by atomic mass is 35.5. The number of hydrogen-bond donors (Lipinski definition) is 1. The molecule has 0 aliphatic heterocycles. The van der Waals surface area contributed by atoms with Crippen LogP contribution in [0.3, 0.4) is 0 Å². The second-order valence-corrected chi connectivity index (χ2v) is 5.17. The maximum atomic E-state index is 12.0. The molecule has 0 bridgehead atoms. The Balaban J connectivity index is 2.65. The molecule has 1 N–H and O–H groups in total. The lowest BCUT2D eigenvalue weighted by atomic mass is 10.0. The van der Waals surface area contributed by atoms with Crippen molar-refractivity contribution >= 4 is 34.1 Å². The topological polar surface area (TPSA) is 42.1 Å². The van der Waals surface area contributed by atoms with Crippen LogP contribution in [0.1, 0.15) is 11.1 Å². The third-order valence-corrected chi connectivity index (χ3v) is 3.37. The zero-order chi connectivity index (χ0) is 14.0. The number of pyridine rings is 1. The van der Waals surface area contributed by atoms with Crippen LogP contribution in [0.5, 0.6) is 5.75 Å². The zero-order valence-corrected chi connectivity index (χ0v) is 12.1. The molecule has 100 valence electrons. The molecule has 0 saturated heterocycles. The van der Waals surface area contributed by atoms with Gasteiger partial charge in [-0.3, -0.25) is 4.79 Å². The SMILES string of the molecule is COc1ccc2[nH]c(=O)c(CC=C(Cl)Cl)c(C)c2c1. The van der Waals surface area contributed by atoms with Crippen molar-refractivity contribution in [3.05, 3.63) is 50.2 Å². The van der Waals surface area contributed by atoms with Crippen LogP contribution in [0.4, 0.5) is 0 Å². The van der Waals surface area contributed by atoms with E-state index in [1.165, 1.54) is 0 Å². The van der Waals surface area contributed by atoms with Gasteiger partial charge in [-0.2, -0.15) is 0 Å². The lowest BCUT2D eigenvalue weighted by Crippen LogP contribution is -2.14. The van der Waals surface area contributed by atoms with E-state index in [2.05, 4.69) is 4.98 Å². The average Bonchev–Trinajstić information content (AvgIpc) is 2.38. The van der Waals surface area contributed by atoms with Gasteiger partial charge in [0, 0.05) is 16.5 Å². The van der Waals surface area contributed by atoms with E-state index in [9.17, 15) is 4.79 Å². The van der Waals surface area contributed by atoms with E-state index in [1.807, 2.05) is 25.1 Å². The van der Waals surface area contributed by atoms with Crippen LogP contribution in [-0.4, -0.2) is 12.1 Å². The normalized spacial score (nSPS) is 10.5. The maximum Gasteiger partial charge on any atom is 0.252 e. The number of benzene rings is 1. The van der Waals surface area contributed by atoms with Crippen LogP contribution in [0.2, 0.25) is 0 Å². The standard InChI is InChI=1S/C14H13Cl2NO2/c1-8-10(4-6-13(15)16)14(18)17-12-5-3-9(19-2)7-11(8)12/h3,5-7H,4H2,1-2H3,(H,17,18). The lowest BCUT2D eigenvalue weighted by molar-refractivity contribution is 0.415. The first-order valence-corrected chi connectivity index (χ1v) is 6.49. The fraction of sp³-hybridized carbons (Fsp3) is 0.214. The number of halogens is 2. The largest absolute Gasteiger partial charge is 0.497 e. The molecule has 5 heteroatoms. The molecule has 19 heavy (non-hydrogen) atoms. The van der Waals surface area contributed by atoms with Crippen molar-refractivity contribution in [1.29, 1.82) is 0 Å². The summed E-state index contributed by atoms with van der Waals surface area (Å²) in [6.45, 7) is 1.91. The number of aromatic nitrogens is 1. The Morgan fingerprint density at radius 2 is 2.16 bits per heavy atom. The Labute approximate surface area is 120 Å². The molecule has 2 aromatic rings. The highest BCUT2D eigenvalue weighted by Crippen LogP contribution is 2.23. The van der Waals surface area contributed by atoms with Crippen LogP contribution >= 0.6 is 23.2 Å². The van der Waals surface area contributed by atoms with Gasteiger partial charge in [-0.15, -0.1) is 0 Å². The van der Waals surface area contributed by atoms with Crippen molar-refractivity contribution in [2.45, 2.75) is 13.3 Å². The van der Waals surface area contributed by atoms with Gasteiger partial charge < -0.3 is 9.72 Å². The third kappa shape index (κ3) is 2.94. The molecule has 1 heterocycles. The van der Waals surface area contributed by atoms with Crippen molar-refractivity contribution in [1.82, 2.24) is 4.98 Å². The van der Waals surface area contributed by atoms with E-state index < -0.39 is 0 Å². The molecule has 0 radical (unpaired) electrons. The van der Waals surface area contributed by atoms with Gasteiger partial charge in [-0.1, -0.05) is 23.2 Å². The number of ether oxygens (including phenoxy) is 1. The minimum absolute atomic E-state index is 0.124. The van der Waals surface area contributed by atoms with Gasteiger partial charge in [0.1, 0.15) is 10.2 Å². The van der Waals surface area contributed by atoms with Gasteiger partial charge in [0.05, 0.1) is 7.11 Å². The molecular formula is C14H13Cl2NO2. The van der Waals surface area contributed by atoms with E-state index in [-0.39, 0.29) is 10.1 Å². The quantitative estimate of drug-likeness (QED) is 0.938.